The third-order valence-electron chi connectivity index (χ3n) is 6.29. The second kappa shape index (κ2) is 16.9. The predicted octanol–water partition coefficient (Wildman–Crippen LogP) is 7.46. The Balaban J connectivity index is 0.00000169. The van der Waals surface area contributed by atoms with Gasteiger partial charge in [-0.05, 0) is 61.0 Å². The number of rotatable bonds is 9. The number of nitrogens with one attached hydrogen (secondary N) is 1. The van der Waals surface area contributed by atoms with Crippen LogP contribution in [-0.4, -0.2) is 28.0 Å². The van der Waals surface area contributed by atoms with Crippen molar-refractivity contribution in [2.45, 2.75) is 52.7 Å². The minimum atomic E-state index is -4.20. The molecule has 10 heteroatoms. The first-order valence-electron chi connectivity index (χ1n) is 14.4. The number of aliphatic hydroxyl groups is 1. The Bertz CT molecular complexity index is 1570. The van der Waals surface area contributed by atoms with Crippen molar-refractivity contribution in [2.75, 3.05) is 6.54 Å². The summed E-state index contributed by atoms with van der Waals surface area (Å²) in [6.45, 7) is 9.35. The molecule has 4 rings (SSSR count). The molecular weight excluding hydrogens is 584 g/mol. The second-order valence-corrected chi connectivity index (χ2v) is 9.34. The van der Waals surface area contributed by atoms with Crippen LogP contribution >= 0.6 is 0 Å². The van der Waals surface area contributed by atoms with E-state index in [2.05, 4.69) is 16.8 Å². The largest absolute Gasteiger partial charge is 0.489 e. The van der Waals surface area contributed by atoms with Crippen LogP contribution in [0.5, 0.6) is 5.75 Å². The number of aromatic nitrogens is 1. The number of ether oxygens (including phenoxy) is 1. The standard InChI is InChI=1S/C31H26F4N4O2.2C2H6/c1-21-2-4-24(5-3-21)18-41-26-12-8-22(9-13-26)6-7-23-10-15-29(38-17-23)31(34,35)30(40,19-39(37)20-36)27-14-11-25(32)16-28(27)33;2*1-2/h2-5,8-17,20,36,40H,18-19,37H2,1H3;2*1-2H3. The molecule has 0 aliphatic carbocycles. The molecule has 4 N–H and O–H groups in total. The van der Waals surface area contributed by atoms with Crippen LogP contribution in [-0.2, 0) is 18.1 Å². The van der Waals surface area contributed by atoms with Gasteiger partial charge >= 0.3 is 5.92 Å². The number of nitrogens with two attached hydrogens (primary N) is 1. The third kappa shape index (κ3) is 9.38. The number of halogens is 4. The molecule has 0 amide bonds. The van der Waals surface area contributed by atoms with Gasteiger partial charge in [-0.3, -0.25) is 15.4 Å². The molecule has 0 aliphatic heterocycles. The molecule has 45 heavy (non-hydrogen) atoms. The molecule has 1 unspecified atom stereocenters. The smallest absolute Gasteiger partial charge is 0.323 e. The first-order chi connectivity index (χ1) is 21.5. The van der Waals surface area contributed by atoms with E-state index in [9.17, 15) is 13.9 Å². The zero-order valence-electron chi connectivity index (χ0n) is 25.9. The van der Waals surface area contributed by atoms with Crippen LogP contribution in [0.15, 0.2) is 85.1 Å². The highest BCUT2D eigenvalue weighted by molar-refractivity contribution is 5.50. The van der Waals surface area contributed by atoms with Gasteiger partial charge in [-0.2, -0.15) is 8.78 Å². The topological polar surface area (TPSA) is 95.5 Å². The van der Waals surface area contributed by atoms with Gasteiger partial charge in [-0.25, -0.2) is 14.6 Å². The van der Waals surface area contributed by atoms with E-state index in [1.165, 1.54) is 11.6 Å². The minimum Gasteiger partial charge on any atom is -0.489 e. The van der Waals surface area contributed by atoms with E-state index >= 15 is 8.78 Å². The lowest BCUT2D eigenvalue weighted by atomic mass is 9.84. The van der Waals surface area contributed by atoms with Crippen molar-refractivity contribution in [3.05, 3.63) is 130 Å². The Morgan fingerprint density at radius 2 is 1.51 bits per heavy atom. The van der Waals surface area contributed by atoms with Crippen molar-refractivity contribution < 1.29 is 27.4 Å². The molecule has 1 aromatic heterocycles. The molecule has 0 radical (unpaired) electrons. The summed E-state index contributed by atoms with van der Waals surface area (Å²) in [6.07, 6.45) is 1.57. The molecule has 1 heterocycles. The summed E-state index contributed by atoms with van der Waals surface area (Å²) in [5.74, 6) is 5.26. The lowest BCUT2D eigenvalue weighted by molar-refractivity contribution is -0.203. The van der Waals surface area contributed by atoms with E-state index < -0.39 is 41.0 Å². The second-order valence-electron chi connectivity index (χ2n) is 9.34. The summed E-state index contributed by atoms with van der Waals surface area (Å²) in [7, 11) is 0. The summed E-state index contributed by atoms with van der Waals surface area (Å²) < 4.78 is 65.2. The van der Waals surface area contributed by atoms with E-state index in [1.807, 2.05) is 58.9 Å². The first-order valence-corrected chi connectivity index (χ1v) is 14.4. The predicted molar refractivity (Wildman–Crippen MR) is 169 cm³/mol. The number of pyridine rings is 1. The lowest BCUT2D eigenvalue weighted by Gasteiger charge is -2.37. The number of nitrogens with zero attached hydrogens (tertiary/aromatic N) is 2. The summed E-state index contributed by atoms with van der Waals surface area (Å²) in [4.78, 5) is 3.76. The molecule has 238 valence electrons. The molecule has 3 aromatic carbocycles. The number of hydrogen-bond donors (Lipinski definition) is 3. The number of hydrazine groups is 1. The van der Waals surface area contributed by atoms with Gasteiger partial charge in [0, 0.05) is 29.0 Å². The molecular formula is C35H38F4N4O2. The van der Waals surface area contributed by atoms with Gasteiger partial charge in [-0.1, -0.05) is 69.4 Å². The number of aryl methyl sites for hydroxylation is 1. The van der Waals surface area contributed by atoms with Gasteiger partial charge in [-0.15, -0.1) is 0 Å². The van der Waals surface area contributed by atoms with Crippen molar-refractivity contribution in [3.8, 4) is 17.6 Å². The maximum absolute atomic E-state index is 15.7. The Morgan fingerprint density at radius 3 is 2.07 bits per heavy atom. The van der Waals surface area contributed by atoms with E-state index in [-0.39, 0.29) is 0 Å². The molecule has 0 saturated carbocycles. The Morgan fingerprint density at radius 1 is 0.911 bits per heavy atom. The quantitative estimate of drug-likeness (QED) is 0.0450. The van der Waals surface area contributed by atoms with Crippen molar-refractivity contribution in [1.29, 1.82) is 5.41 Å². The van der Waals surface area contributed by atoms with Crippen LogP contribution in [0.1, 0.15) is 61.2 Å². The fourth-order valence-corrected chi connectivity index (χ4v) is 3.98. The van der Waals surface area contributed by atoms with Crippen molar-refractivity contribution in [3.63, 3.8) is 0 Å². The van der Waals surface area contributed by atoms with E-state index in [1.54, 1.807) is 24.3 Å². The molecule has 0 fully saturated rings. The van der Waals surface area contributed by atoms with Crippen molar-refractivity contribution in [2.24, 2.45) is 5.84 Å². The maximum Gasteiger partial charge on any atom is 0.323 e. The number of alkyl halides is 2. The molecule has 0 spiro atoms. The van der Waals surface area contributed by atoms with Gasteiger partial charge in [0.25, 0.3) is 0 Å². The maximum atomic E-state index is 15.7. The minimum absolute atomic E-state index is 0.306. The third-order valence-corrected chi connectivity index (χ3v) is 6.29. The average molecular weight is 623 g/mol. The van der Waals surface area contributed by atoms with Crippen LogP contribution in [0.2, 0.25) is 0 Å². The van der Waals surface area contributed by atoms with Crippen LogP contribution in [0.25, 0.3) is 0 Å². The lowest BCUT2D eigenvalue weighted by Crippen LogP contribution is -2.53. The molecule has 0 aliphatic rings. The van der Waals surface area contributed by atoms with Crippen LogP contribution in [0.3, 0.4) is 0 Å². The normalized spacial score (nSPS) is 11.7. The van der Waals surface area contributed by atoms with Crippen LogP contribution in [0.4, 0.5) is 17.6 Å². The summed E-state index contributed by atoms with van der Waals surface area (Å²) >= 11 is 0. The zero-order chi connectivity index (χ0) is 33.6. The zero-order valence-corrected chi connectivity index (χ0v) is 25.9. The van der Waals surface area contributed by atoms with Gasteiger partial charge in [0.1, 0.15) is 29.7 Å². The van der Waals surface area contributed by atoms with Crippen LogP contribution in [0, 0.1) is 35.8 Å². The van der Waals surface area contributed by atoms with Gasteiger partial charge < -0.3 is 9.84 Å². The molecule has 0 bridgehead atoms. The highest BCUT2D eigenvalue weighted by Gasteiger charge is 2.58. The average Bonchev–Trinajstić information content (AvgIpc) is 3.05. The Kier molecular flexibility index (Phi) is 13.7. The van der Waals surface area contributed by atoms with Gasteiger partial charge in [0.15, 0.2) is 5.60 Å². The van der Waals surface area contributed by atoms with Gasteiger partial charge in [0.2, 0.25) is 0 Å². The number of hydrogen-bond acceptors (Lipinski definition) is 5. The fraction of sp³-hybridized carbons (Fsp3) is 0.257. The van der Waals surface area contributed by atoms with Crippen LogP contribution < -0.4 is 10.6 Å². The first kappa shape index (κ1) is 36.5. The Labute approximate surface area is 262 Å². The highest BCUT2D eigenvalue weighted by atomic mass is 19.3. The molecule has 4 aromatic rings. The fourth-order valence-electron chi connectivity index (χ4n) is 3.98. The molecule has 0 saturated heterocycles. The summed E-state index contributed by atoms with van der Waals surface area (Å²) in [5, 5.41) is 18.7. The highest BCUT2D eigenvalue weighted by Crippen LogP contribution is 2.45. The monoisotopic (exact) mass is 622 g/mol. The summed E-state index contributed by atoms with van der Waals surface area (Å²) in [6, 6.07) is 19.1. The van der Waals surface area contributed by atoms with Crippen molar-refractivity contribution >= 4 is 6.34 Å². The van der Waals surface area contributed by atoms with E-state index in [0.29, 0.717) is 47.0 Å². The molecule has 6 nitrogen and oxygen atoms in total. The SMILES string of the molecule is CC.CC.Cc1ccc(COc2ccc(C#Cc3ccc(C(F)(F)C(O)(CN(N)C=N)c4ccc(F)cc4F)nc3)cc2)cc1. The van der Waals surface area contributed by atoms with Gasteiger partial charge in [0.05, 0.1) is 12.9 Å². The Hall–Kier alpha value is -4.72. The van der Waals surface area contributed by atoms with Crippen molar-refractivity contribution in [1.82, 2.24) is 9.99 Å². The molecule has 1 atom stereocenters. The number of benzene rings is 3. The summed E-state index contributed by atoms with van der Waals surface area (Å²) in [5.41, 5.74) is -1.93. The van der Waals surface area contributed by atoms with E-state index in [4.69, 9.17) is 16.0 Å². The van der Waals surface area contributed by atoms with E-state index in [0.717, 1.165) is 23.9 Å².